The summed E-state index contributed by atoms with van der Waals surface area (Å²) < 4.78 is 0. The van der Waals surface area contributed by atoms with Gasteiger partial charge in [0.1, 0.15) is 0 Å². The third-order valence-corrected chi connectivity index (χ3v) is 2.35. The predicted octanol–water partition coefficient (Wildman–Crippen LogP) is 1.34. The van der Waals surface area contributed by atoms with E-state index in [1.54, 1.807) is 23.5 Å². The van der Waals surface area contributed by atoms with Crippen molar-refractivity contribution in [3.63, 3.8) is 0 Å². The van der Waals surface area contributed by atoms with Gasteiger partial charge in [0, 0.05) is 24.3 Å². The minimum absolute atomic E-state index is 0.454. The maximum atomic E-state index is 10.4. The van der Waals surface area contributed by atoms with Gasteiger partial charge in [0.2, 0.25) is 0 Å². The topological polar surface area (TPSA) is 71.3 Å². The van der Waals surface area contributed by atoms with Crippen molar-refractivity contribution in [1.29, 1.82) is 0 Å². The second kappa shape index (κ2) is 4.65. The Balaban J connectivity index is 2.10. The van der Waals surface area contributed by atoms with Gasteiger partial charge in [0.15, 0.2) is 5.82 Å². The Morgan fingerprint density at radius 2 is 2.41 bits per heavy atom. The maximum absolute atomic E-state index is 10.4. The molecule has 1 aliphatic rings. The number of pyridine rings is 1. The molecular weight excluding hydrogens is 220 g/mol. The molecule has 0 spiro atoms. The zero-order valence-corrected chi connectivity index (χ0v) is 9.33. The monoisotopic (exact) mass is 232 g/mol. The average molecular weight is 232 g/mol. The maximum Gasteiger partial charge on any atom is 0.274 e. The van der Waals surface area contributed by atoms with Crippen molar-refractivity contribution in [3.8, 4) is 0 Å². The van der Waals surface area contributed by atoms with Crippen LogP contribution in [-0.2, 0) is 6.54 Å². The van der Waals surface area contributed by atoms with Gasteiger partial charge in [0.25, 0.3) is 6.20 Å². The van der Waals surface area contributed by atoms with Crippen LogP contribution < -0.4 is 5.32 Å². The van der Waals surface area contributed by atoms with Crippen molar-refractivity contribution < 1.29 is 4.92 Å². The van der Waals surface area contributed by atoms with Crippen LogP contribution in [-0.4, -0.2) is 14.8 Å². The number of hydrogen-bond donors (Lipinski definition) is 1. The number of hydrogen-bond acceptors (Lipinski definition) is 5. The van der Waals surface area contributed by atoms with E-state index in [2.05, 4.69) is 10.3 Å². The Morgan fingerprint density at radius 3 is 3.06 bits per heavy atom. The molecule has 17 heavy (non-hydrogen) atoms. The smallest absolute Gasteiger partial charge is 0.274 e. The molecule has 0 amide bonds. The Morgan fingerprint density at radius 1 is 1.59 bits per heavy atom. The van der Waals surface area contributed by atoms with E-state index in [-0.39, 0.29) is 0 Å². The molecule has 1 aromatic rings. The predicted molar refractivity (Wildman–Crippen MR) is 61.9 cm³/mol. The fraction of sp³-hybridized carbons (Fsp3) is 0.182. The highest BCUT2D eigenvalue weighted by Crippen LogP contribution is 2.13. The van der Waals surface area contributed by atoms with Crippen LogP contribution in [0.2, 0.25) is 0 Å². The van der Waals surface area contributed by atoms with Gasteiger partial charge in [-0.2, -0.15) is 0 Å². The lowest BCUT2D eigenvalue weighted by Crippen LogP contribution is -2.19. The van der Waals surface area contributed by atoms with E-state index in [9.17, 15) is 10.1 Å². The fourth-order valence-corrected chi connectivity index (χ4v) is 1.51. The van der Waals surface area contributed by atoms with Crippen LogP contribution in [0.3, 0.4) is 0 Å². The zero-order chi connectivity index (χ0) is 12.3. The van der Waals surface area contributed by atoms with Crippen LogP contribution >= 0.6 is 0 Å². The number of aryl methyl sites for hydroxylation is 1. The van der Waals surface area contributed by atoms with Crippen molar-refractivity contribution in [2.45, 2.75) is 13.5 Å². The number of aromatic nitrogens is 1. The second-order valence-corrected chi connectivity index (χ2v) is 3.70. The summed E-state index contributed by atoms with van der Waals surface area (Å²) in [6.07, 6.45) is 6.14. The van der Waals surface area contributed by atoms with Crippen molar-refractivity contribution in [2.75, 3.05) is 0 Å². The Labute approximate surface area is 98.4 Å². The highest BCUT2D eigenvalue weighted by molar-refractivity contribution is 5.17. The molecule has 6 heteroatoms. The van der Waals surface area contributed by atoms with E-state index in [1.807, 2.05) is 19.1 Å². The van der Waals surface area contributed by atoms with Gasteiger partial charge in [-0.05, 0) is 18.6 Å². The van der Waals surface area contributed by atoms with Gasteiger partial charge in [0.05, 0.1) is 11.5 Å². The van der Waals surface area contributed by atoms with Gasteiger partial charge >= 0.3 is 0 Å². The average Bonchev–Trinajstić information content (AvgIpc) is 2.68. The SMILES string of the molecule is Cc1ccc(CN2C=CNC2=C[N+](=O)[O-])cn1. The van der Waals surface area contributed by atoms with Crippen LogP contribution in [0.5, 0.6) is 0 Å². The summed E-state index contributed by atoms with van der Waals surface area (Å²) >= 11 is 0. The first-order valence-electron chi connectivity index (χ1n) is 5.12. The molecular formula is C11H12N4O2. The molecule has 1 aliphatic heterocycles. The summed E-state index contributed by atoms with van der Waals surface area (Å²) in [5, 5.41) is 13.2. The van der Waals surface area contributed by atoms with Crippen molar-refractivity contribution >= 4 is 0 Å². The lowest BCUT2D eigenvalue weighted by molar-refractivity contribution is -0.404. The van der Waals surface area contributed by atoms with Crippen LogP contribution in [0, 0.1) is 17.0 Å². The van der Waals surface area contributed by atoms with Crippen LogP contribution in [0.1, 0.15) is 11.3 Å². The lowest BCUT2D eigenvalue weighted by Gasteiger charge is -2.15. The molecule has 0 unspecified atom stereocenters. The number of nitro groups is 1. The second-order valence-electron chi connectivity index (χ2n) is 3.70. The van der Waals surface area contributed by atoms with E-state index in [1.165, 1.54) is 0 Å². The molecule has 0 radical (unpaired) electrons. The summed E-state index contributed by atoms with van der Waals surface area (Å²) in [5.41, 5.74) is 1.95. The Kier molecular flexibility index (Phi) is 3.04. The molecule has 0 atom stereocenters. The van der Waals surface area contributed by atoms with E-state index >= 15 is 0 Å². The van der Waals surface area contributed by atoms with E-state index in [4.69, 9.17) is 0 Å². The number of rotatable bonds is 3. The largest absolute Gasteiger partial charge is 0.341 e. The molecule has 0 saturated carbocycles. The van der Waals surface area contributed by atoms with Gasteiger partial charge in [-0.25, -0.2) is 0 Å². The summed E-state index contributed by atoms with van der Waals surface area (Å²) in [6, 6.07) is 3.87. The summed E-state index contributed by atoms with van der Waals surface area (Å²) in [6.45, 7) is 2.47. The molecule has 1 aromatic heterocycles. The lowest BCUT2D eigenvalue weighted by atomic mass is 10.2. The van der Waals surface area contributed by atoms with Crippen LogP contribution in [0.15, 0.2) is 42.8 Å². The Bertz CT molecular complexity index is 479. The van der Waals surface area contributed by atoms with Crippen molar-refractivity contribution in [1.82, 2.24) is 15.2 Å². The molecule has 2 rings (SSSR count). The first-order valence-corrected chi connectivity index (χ1v) is 5.12. The molecule has 0 fully saturated rings. The fourth-order valence-electron chi connectivity index (χ4n) is 1.51. The molecule has 6 nitrogen and oxygen atoms in total. The van der Waals surface area contributed by atoms with Gasteiger partial charge in [-0.3, -0.25) is 15.1 Å². The van der Waals surface area contributed by atoms with Crippen molar-refractivity contribution in [3.05, 3.63) is 64.1 Å². The molecule has 2 heterocycles. The standard InChI is InChI=1S/C11H12N4O2/c1-9-2-3-10(6-13-9)7-14-5-4-12-11(14)8-15(16)17/h2-6,8,12H,7H2,1H3. The first-order chi connectivity index (χ1) is 8.15. The van der Waals surface area contributed by atoms with Gasteiger partial charge < -0.3 is 10.2 Å². The highest BCUT2D eigenvalue weighted by Gasteiger charge is 2.15. The van der Waals surface area contributed by atoms with E-state index < -0.39 is 4.92 Å². The zero-order valence-electron chi connectivity index (χ0n) is 9.33. The van der Waals surface area contributed by atoms with Gasteiger partial charge in [-0.1, -0.05) is 6.07 Å². The quantitative estimate of drug-likeness (QED) is 0.629. The van der Waals surface area contributed by atoms with Crippen molar-refractivity contribution in [2.24, 2.45) is 0 Å². The molecule has 0 saturated heterocycles. The summed E-state index contributed by atoms with van der Waals surface area (Å²) in [7, 11) is 0. The molecule has 88 valence electrons. The van der Waals surface area contributed by atoms with Crippen LogP contribution in [0.4, 0.5) is 0 Å². The minimum Gasteiger partial charge on any atom is -0.341 e. The third kappa shape index (κ3) is 2.81. The minimum atomic E-state index is -0.476. The molecule has 0 aromatic carbocycles. The first kappa shape index (κ1) is 11.1. The normalized spacial score (nSPS) is 16.3. The molecule has 0 bridgehead atoms. The summed E-state index contributed by atoms with van der Waals surface area (Å²) in [4.78, 5) is 15.9. The van der Waals surface area contributed by atoms with E-state index in [0.717, 1.165) is 17.5 Å². The van der Waals surface area contributed by atoms with Crippen LogP contribution in [0.25, 0.3) is 0 Å². The Hall–Kier alpha value is -2.37. The number of nitrogens with zero attached hydrogens (tertiary/aromatic N) is 3. The molecule has 0 aliphatic carbocycles. The highest BCUT2D eigenvalue weighted by atomic mass is 16.6. The summed E-state index contributed by atoms with van der Waals surface area (Å²) in [5.74, 6) is 0.454. The van der Waals surface area contributed by atoms with Gasteiger partial charge in [-0.15, -0.1) is 0 Å². The van der Waals surface area contributed by atoms with E-state index in [0.29, 0.717) is 12.4 Å². The molecule has 1 N–H and O–H groups in total. The third-order valence-electron chi connectivity index (χ3n) is 2.35. The number of nitrogens with one attached hydrogen (secondary N) is 1.